The minimum Gasteiger partial charge on any atom is -0.264 e. The molecule has 0 aliphatic carbocycles. The summed E-state index contributed by atoms with van der Waals surface area (Å²) in [5.41, 5.74) is 2.93. The van der Waals surface area contributed by atoms with Crippen LogP contribution in [0.25, 0.3) is 23.1 Å². The molecule has 0 fully saturated rings. The van der Waals surface area contributed by atoms with Gasteiger partial charge < -0.3 is 0 Å². The zero-order chi connectivity index (χ0) is 12.2. The molecule has 0 unspecified atom stereocenters. The smallest absolute Gasteiger partial charge is 0.116 e. The van der Waals surface area contributed by atoms with Gasteiger partial charge >= 0.3 is 0 Å². The Bertz CT molecular complexity index is 685. The first-order chi connectivity index (χ1) is 8.93. The van der Waals surface area contributed by atoms with Gasteiger partial charge in [0.2, 0.25) is 0 Å². The maximum Gasteiger partial charge on any atom is 0.116 e. The molecule has 0 saturated carbocycles. The van der Waals surface area contributed by atoms with E-state index < -0.39 is 0 Å². The van der Waals surface area contributed by atoms with Gasteiger partial charge in [-0.25, -0.2) is 9.97 Å². The fourth-order valence-electron chi connectivity index (χ4n) is 1.81. The van der Waals surface area contributed by atoms with Crippen LogP contribution in [0.5, 0.6) is 0 Å². The third kappa shape index (κ3) is 2.11. The van der Waals surface area contributed by atoms with Crippen molar-refractivity contribution in [1.82, 2.24) is 15.0 Å². The number of aromatic nitrogens is 3. The number of hydrogen-bond donors (Lipinski definition) is 0. The SMILES string of the molecule is C(=C\c1ncnc2ccccc12)/c1cccnc1. The fraction of sp³-hybridized carbons (Fsp3) is 0. The summed E-state index contributed by atoms with van der Waals surface area (Å²) < 4.78 is 0. The van der Waals surface area contributed by atoms with Gasteiger partial charge in [-0.15, -0.1) is 0 Å². The number of rotatable bonds is 2. The van der Waals surface area contributed by atoms with Crippen molar-refractivity contribution in [2.45, 2.75) is 0 Å². The summed E-state index contributed by atoms with van der Waals surface area (Å²) in [6.45, 7) is 0. The Morgan fingerprint density at radius 3 is 2.72 bits per heavy atom. The summed E-state index contributed by atoms with van der Waals surface area (Å²) >= 11 is 0. The van der Waals surface area contributed by atoms with Gasteiger partial charge in [0.1, 0.15) is 6.33 Å². The lowest BCUT2D eigenvalue weighted by Crippen LogP contribution is -1.86. The molecule has 86 valence electrons. The molecule has 0 aliphatic heterocycles. The lowest BCUT2D eigenvalue weighted by molar-refractivity contribution is 1.21. The van der Waals surface area contributed by atoms with Gasteiger partial charge in [0.15, 0.2) is 0 Å². The Kier molecular flexibility index (Phi) is 2.80. The zero-order valence-electron chi connectivity index (χ0n) is 9.69. The fourth-order valence-corrected chi connectivity index (χ4v) is 1.81. The van der Waals surface area contributed by atoms with Crippen molar-refractivity contribution in [3.63, 3.8) is 0 Å². The lowest BCUT2D eigenvalue weighted by Gasteiger charge is -1.99. The van der Waals surface area contributed by atoms with Gasteiger partial charge in [-0.2, -0.15) is 0 Å². The molecular formula is C15H11N3. The Morgan fingerprint density at radius 1 is 0.889 bits per heavy atom. The molecule has 0 atom stereocenters. The van der Waals surface area contributed by atoms with Crippen molar-refractivity contribution in [2.75, 3.05) is 0 Å². The number of para-hydroxylation sites is 1. The third-order valence-corrected chi connectivity index (χ3v) is 2.69. The summed E-state index contributed by atoms with van der Waals surface area (Å²) in [4.78, 5) is 12.6. The number of hydrogen-bond acceptors (Lipinski definition) is 3. The van der Waals surface area contributed by atoms with E-state index in [-0.39, 0.29) is 0 Å². The van der Waals surface area contributed by atoms with Gasteiger partial charge in [-0.1, -0.05) is 30.3 Å². The van der Waals surface area contributed by atoms with Crippen molar-refractivity contribution < 1.29 is 0 Å². The highest BCUT2D eigenvalue weighted by Crippen LogP contribution is 2.16. The van der Waals surface area contributed by atoms with E-state index in [0.29, 0.717) is 0 Å². The normalized spacial score (nSPS) is 11.1. The van der Waals surface area contributed by atoms with Crippen molar-refractivity contribution in [3.05, 3.63) is 66.4 Å². The second kappa shape index (κ2) is 4.75. The summed E-state index contributed by atoms with van der Waals surface area (Å²) in [5, 5.41) is 1.06. The first kappa shape index (κ1) is 10.6. The van der Waals surface area contributed by atoms with Gasteiger partial charge in [0.25, 0.3) is 0 Å². The summed E-state index contributed by atoms with van der Waals surface area (Å²) in [6, 6.07) is 11.9. The molecule has 3 aromatic rings. The van der Waals surface area contributed by atoms with E-state index in [1.165, 1.54) is 0 Å². The molecular weight excluding hydrogens is 222 g/mol. The Balaban J connectivity index is 2.03. The molecule has 0 amide bonds. The van der Waals surface area contributed by atoms with E-state index in [1.54, 1.807) is 12.5 Å². The van der Waals surface area contributed by atoms with Crippen molar-refractivity contribution in [1.29, 1.82) is 0 Å². The van der Waals surface area contributed by atoms with Crippen molar-refractivity contribution in [2.24, 2.45) is 0 Å². The van der Waals surface area contributed by atoms with Gasteiger partial charge in [-0.3, -0.25) is 4.98 Å². The van der Waals surface area contributed by atoms with Gasteiger partial charge in [-0.05, 0) is 23.8 Å². The highest BCUT2D eigenvalue weighted by Gasteiger charge is 1.98. The molecule has 2 heterocycles. The number of nitrogens with zero attached hydrogens (tertiary/aromatic N) is 3. The van der Waals surface area contributed by atoms with Crippen LogP contribution in [-0.4, -0.2) is 15.0 Å². The molecule has 0 radical (unpaired) electrons. The molecule has 0 bridgehead atoms. The molecule has 18 heavy (non-hydrogen) atoms. The maximum absolute atomic E-state index is 4.30. The Hall–Kier alpha value is -2.55. The minimum absolute atomic E-state index is 0.921. The quantitative estimate of drug-likeness (QED) is 0.682. The monoisotopic (exact) mass is 233 g/mol. The highest BCUT2D eigenvalue weighted by molar-refractivity contribution is 5.88. The lowest BCUT2D eigenvalue weighted by atomic mass is 10.1. The van der Waals surface area contributed by atoms with Gasteiger partial charge in [0, 0.05) is 17.8 Å². The molecule has 0 aliphatic rings. The minimum atomic E-state index is 0.921. The van der Waals surface area contributed by atoms with Gasteiger partial charge in [0.05, 0.1) is 11.2 Å². The average molecular weight is 233 g/mol. The first-order valence-corrected chi connectivity index (χ1v) is 5.71. The first-order valence-electron chi connectivity index (χ1n) is 5.71. The van der Waals surface area contributed by atoms with Crippen LogP contribution in [0.3, 0.4) is 0 Å². The Morgan fingerprint density at radius 2 is 1.83 bits per heavy atom. The van der Waals surface area contributed by atoms with Crippen LogP contribution in [0.4, 0.5) is 0 Å². The average Bonchev–Trinajstić information content (AvgIpc) is 2.46. The van der Waals surface area contributed by atoms with Crippen LogP contribution in [-0.2, 0) is 0 Å². The highest BCUT2D eigenvalue weighted by atomic mass is 14.8. The molecule has 3 rings (SSSR count). The van der Waals surface area contributed by atoms with E-state index in [1.807, 2.05) is 54.7 Å². The van der Waals surface area contributed by atoms with Crippen molar-refractivity contribution in [3.8, 4) is 0 Å². The van der Waals surface area contributed by atoms with E-state index >= 15 is 0 Å². The molecule has 1 aromatic carbocycles. The summed E-state index contributed by atoms with van der Waals surface area (Å²) in [6.07, 6.45) is 9.16. The van der Waals surface area contributed by atoms with E-state index in [9.17, 15) is 0 Å². The summed E-state index contributed by atoms with van der Waals surface area (Å²) in [7, 11) is 0. The molecule has 2 aromatic heterocycles. The standard InChI is InChI=1S/C15H11N3/c1-2-6-14-13(5-1)15(18-11-17-14)8-7-12-4-3-9-16-10-12/h1-11H/b8-7+. The number of fused-ring (bicyclic) bond motifs is 1. The van der Waals surface area contributed by atoms with Crippen LogP contribution in [0.2, 0.25) is 0 Å². The largest absolute Gasteiger partial charge is 0.264 e. The van der Waals surface area contributed by atoms with E-state index in [2.05, 4.69) is 15.0 Å². The Labute approximate surface area is 105 Å². The maximum atomic E-state index is 4.30. The second-order valence-corrected chi connectivity index (χ2v) is 3.90. The van der Waals surface area contributed by atoms with Crippen LogP contribution in [0.1, 0.15) is 11.3 Å². The zero-order valence-corrected chi connectivity index (χ0v) is 9.69. The predicted octanol–water partition coefficient (Wildman–Crippen LogP) is 3.20. The topological polar surface area (TPSA) is 38.7 Å². The van der Waals surface area contributed by atoms with Crippen LogP contribution >= 0.6 is 0 Å². The van der Waals surface area contributed by atoms with Crippen LogP contribution in [0, 0.1) is 0 Å². The molecule has 3 nitrogen and oxygen atoms in total. The van der Waals surface area contributed by atoms with E-state index in [0.717, 1.165) is 22.2 Å². The van der Waals surface area contributed by atoms with Crippen molar-refractivity contribution >= 4 is 23.1 Å². The second-order valence-electron chi connectivity index (χ2n) is 3.90. The number of pyridine rings is 1. The molecule has 0 saturated heterocycles. The van der Waals surface area contributed by atoms with E-state index in [4.69, 9.17) is 0 Å². The molecule has 0 spiro atoms. The summed E-state index contributed by atoms with van der Waals surface area (Å²) in [5.74, 6) is 0. The molecule has 0 N–H and O–H groups in total. The predicted molar refractivity (Wildman–Crippen MR) is 72.7 cm³/mol. The number of benzene rings is 1. The van der Waals surface area contributed by atoms with Crippen LogP contribution in [0.15, 0.2) is 55.1 Å². The third-order valence-electron chi connectivity index (χ3n) is 2.69. The van der Waals surface area contributed by atoms with Crippen LogP contribution < -0.4 is 0 Å². The molecule has 3 heteroatoms.